The van der Waals surface area contributed by atoms with Gasteiger partial charge in [-0.1, -0.05) is 0 Å². The van der Waals surface area contributed by atoms with Gasteiger partial charge in [0.15, 0.2) is 0 Å². The summed E-state index contributed by atoms with van der Waals surface area (Å²) in [7, 11) is 0. The maximum absolute atomic E-state index is 11.3. The zero-order chi connectivity index (χ0) is 8.31. The highest BCUT2D eigenvalue weighted by atomic mass is 32.2. The molecule has 62 valence electrons. The number of hydrogen-bond acceptors (Lipinski definition) is 2. The molecule has 0 heterocycles. The van der Waals surface area contributed by atoms with Gasteiger partial charge in [0.2, 0.25) is 0 Å². The summed E-state index contributed by atoms with van der Waals surface area (Å²) in [6, 6.07) is 0. The normalized spacial score (nSPS) is 15.2. The number of alkyl halides is 4. The van der Waals surface area contributed by atoms with Crippen LogP contribution in [-0.4, -0.2) is 26.9 Å². The summed E-state index contributed by atoms with van der Waals surface area (Å²) in [5.41, 5.74) is 0. The summed E-state index contributed by atoms with van der Waals surface area (Å²) < 4.78 is 64.6. The minimum atomic E-state index is -3.53. The quantitative estimate of drug-likeness (QED) is 0.474. The van der Waals surface area contributed by atoms with Crippen LogP contribution in [0.15, 0.2) is 0 Å². The van der Waals surface area contributed by atoms with Gasteiger partial charge in [0, 0.05) is 0 Å². The van der Waals surface area contributed by atoms with E-state index < -0.39 is 29.2 Å². The van der Waals surface area contributed by atoms with Crippen molar-refractivity contribution in [2.75, 3.05) is 0 Å². The van der Waals surface area contributed by atoms with Crippen LogP contribution in [0.2, 0.25) is 0 Å². The molecular weight excluding hydrogens is 176 g/mol. The van der Waals surface area contributed by atoms with Crippen molar-refractivity contribution in [3.8, 4) is 0 Å². The molecule has 0 bridgehead atoms. The summed E-state index contributed by atoms with van der Waals surface area (Å²) >= 11 is -3.41. The highest BCUT2D eigenvalue weighted by molar-refractivity contribution is 7.79. The minimum Gasteiger partial charge on any atom is -0.772 e. The van der Waals surface area contributed by atoms with Crippen molar-refractivity contribution >= 4 is 11.1 Å². The van der Waals surface area contributed by atoms with Gasteiger partial charge in [-0.05, 0) is 11.1 Å². The fraction of sp³-hybridized carbons (Fsp3) is 1.00. The van der Waals surface area contributed by atoms with E-state index in [1.165, 1.54) is 0 Å². The van der Waals surface area contributed by atoms with E-state index in [1.54, 1.807) is 0 Å². The molecule has 0 aromatic heterocycles. The molecule has 0 amide bonds. The maximum atomic E-state index is 11.3. The van der Waals surface area contributed by atoms with Crippen LogP contribution in [0.3, 0.4) is 0 Å². The smallest absolute Gasteiger partial charge is 0.257 e. The van der Waals surface area contributed by atoms with Crippen LogP contribution in [0.4, 0.5) is 17.6 Å². The Bertz CT molecular complexity index is 120. The molecule has 0 spiro atoms. The first kappa shape index (κ1) is 9.83. The highest BCUT2D eigenvalue weighted by Crippen LogP contribution is 2.14. The van der Waals surface area contributed by atoms with E-state index in [1.807, 2.05) is 0 Å². The van der Waals surface area contributed by atoms with Gasteiger partial charge in [0.05, 0.1) is 0 Å². The number of rotatable bonds is 3. The Morgan fingerprint density at radius 3 is 1.40 bits per heavy atom. The molecule has 0 saturated carbocycles. The van der Waals surface area contributed by atoms with E-state index in [0.29, 0.717) is 0 Å². The minimum absolute atomic E-state index is 2.86. The fourth-order valence-corrected chi connectivity index (χ4v) is 0.614. The van der Waals surface area contributed by atoms with E-state index in [4.69, 9.17) is 0 Å². The second-order valence-electron chi connectivity index (χ2n) is 1.39. The van der Waals surface area contributed by atoms with Crippen molar-refractivity contribution in [2.24, 2.45) is 0 Å². The van der Waals surface area contributed by atoms with Crippen molar-refractivity contribution < 1.29 is 26.3 Å². The van der Waals surface area contributed by atoms with E-state index >= 15 is 0 Å². The Labute approximate surface area is 56.5 Å². The van der Waals surface area contributed by atoms with Gasteiger partial charge in [-0.3, -0.25) is 4.21 Å². The summed E-state index contributed by atoms with van der Waals surface area (Å²) in [5.74, 6) is 0. The third-order valence-electron chi connectivity index (χ3n) is 0.719. The van der Waals surface area contributed by atoms with E-state index in [9.17, 15) is 26.3 Å². The van der Waals surface area contributed by atoms with Gasteiger partial charge >= 0.3 is 0 Å². The Balaban J connectivity index is 4.12. The molecule has 0 aromatic rings. The van der Waals surface area contributed by atoms with Crippen molar-refractivity contribution in [3.63, 3.8) is 0 Å². The molecule has 0 aliphatic heterocycles. The Morgan fingerprint density at radius 1 is 1.10 bits per heavy atom. The topological polar surface area (TPSA) is 40.1 Å². The molecule has 0 aromatic carbocycles. The van der Waals surface area contributed by atoms with Gasteiger partial charge in [-0.2, -0.15) is 0 Å². The number of hydrogen-bond donors (Lipinski definition) is 0. The van der Waals surface area contributed by atoms with Crippen LogP contribution < -0.4 is 0 Å². The first-order chi connectivity index (χ1) is 4.46. The van der Waals surface area contributed by atoms with Crippen molar-refractivity contribution in [1.29, 1.82) is 0 Å². The molecule has 10 heavy (non-hydrogen) atoms. The maximum Gasteiger partial charge on any atom is 0.257 e. The molecule has 2 nitrogen and oxygen atoms in total. The monoisotopic (exact) mass is 179 g/mol. The second-order valence-corrected chi connectivity index (χ2v) is 2.46. The molecule has 0 radical (unpaired) electrons. The lowest BCUT2D eigenvalue weighted by molar-refractivity contribution is 0.0481. The van der Waals surface area contributed by atoms with Crippen LogP contribution >= 0.6 is 0 Å². The first-order valence-corrected chi connectivity index (χ1v) is 3.25. The van der Waals surface area contributed by atoms with Gasteiger partial charge in [0.25, 0.3) is 12.9 Å². The molecule has 0 saturated heterocycles. The lowest BCUT2D eigenvalue weighted by Gasteiger charge is -2.16. The Morgan fingerprint density at radius 2 is 1.40 bits per heavy atom. The van der Waals surface area contributed by atoms with Crippen molar-refractivity contribution in [1.82, 2.24) is 0 Å². The van der Waals surface area contributed by atoms with E-state index in [2.05, 4.69) is 0 Å². The molecule has 0 rings (SSSR count). The lowest BCUT2D eigenvalue weighted by atomic mass is 10.5. The number of halogens is 4. The molecule has 1 unspecified atom stereocenters. The van der Waals surface area contributed by atoms with Crippen LogP contribution in [0.25, 0.3) is 0 Å². The van der Waals surface area contributed by atoms with Crippen LogP contribution in [0, 0.1) is 0 Å². The molecule has 1 atom stereocenters. The van der Waals surface area contributed by atoms with Crippen LogP contribution in [0.1, 0.15) is 0 Å². The standard InChI is InChI=1S/C3H4F4O2S/c4-2(5)1(3(6)7)10(8)9/h1-3H,(H,8,9)/p-1. The molecule has 0 aliphatic rings. The van der Waals surface area contributed by atoms with Crippen molar-refractivity contribution in [2.45, 2.75) is 18.1 Å². The van der Waals surface area contributed by atoms with Crippen LogP contribution in [0.5, 0.6) is 0 Å². The predicted octanol–water partition coefficient (Wildman–Crippen LogP) is 0.764. The Kier molecular flexibility index (Phi) is 3.80. The van der Waals surface area contributed by atoms with Crippen LogP contribution in [-0.2, 0) is 11.1 Å². The largest absolute Gasteiger partial charge is 0.772 e. The third-order valence-corrected chi connectivity index (χ3v) is 1.57. The molecule has 0 fully saturated rings. The van der Waals surface area contributed by atoms with E-state index in [-0.39, 0.29) is 0 Å². The average Bonchev–Trinajstić information content (AvgIpc) is 1.59. The molecule has 0 N–H and O–H groups in total. The average molecular weight is 179 g/mol. The molecule has 7 heteroatoms. The molecular formula is C3H3F4O2S-. The van der Waals surface area contributed by atoms with Gasteiger partial charge in [-0.15, -0.1) is 0 Å². The summed E-state index contributed by atoms with van der Waals surface area (Å²) in [6.45, 7) is 0. The highest BCUT2D eigenvalue weighted by Gasteiger charge is 2.30. The van der Waals surface area contributed by atoms with E-state index in [0.717, 1.165) is 0 Å². The molecule has 0 aliphatic carbocycles. The van der Waals surface area contributed by atoms with Crippen molar-refractivity contribution in [3.05, 3.63) is 0 Å². The zero-order valence-electron chi connectivity index (χ0n) is 4.47. The summed E-state index contributed by atoms with van der Waals surface area (Å²) in [6.07, 6.45) is -7.06. The summed E-state index contributed by atoms with van der Waals surface area (Å²) in [5, 5.41) is -2.86. The Hall–Kier alpha value is -0.170. The second kappa shape index (κ2) is 3.87. The fourth-order valence-electron chi connectivity index (χ4n) is 0.278. The predicted molar refractivity (Wildman–Crippen MR) is 24.7 cm³/mol. The van der Waals surface area contributed by atoms with Gasteiger partial charge < -0.3 is 4.55 Å². The van der Waals surface area contributed by atoms with Gasteiger partial charge in [-0.25, -0.2) is 17.6 Å². The SMILES string of the molecule is O=S([O-])C(C(F)F)C(F)F. The lowest BCUT2D eigenvalue weighted by Crippen LogP contribution is -2.31. The third kappa shape index (κ3) is 2.61. The zero-order valence-corrected chi connectivity index (χ0v) is 5.29. The van der Waals surface area contributed by atoms with Gasteiger partial charge in [0.1, 0.15) is 5.25 Å². The summed E-state index contributed by atoms with van der Waals surface area (Å²) in [4.78, 5) is 0. The first-order valence-electron chi connectivity index (χ1n) is 2.11.